The molecule has 0 aliphatic heterocycles. The number of unbranched alkanes of at least 4 members (excludes halogenated alkanes) is 2. The van der Waals surface area contributed by atoms with E-state index in [0.717, 1.165) is 42.7 Å². The molecule has 0 saturated heterocycles. The van der Waals surface area contributed by atoms with Gasteiger partial charge in [-0.25, -0.2) is 4.39 Å². The second-order valence-corrected chi connectivity index (χ2v) is 5.84. The Kier molecular flexibility index (Phi) is 7.96. The third kappa shape index (κ3) is 6.57. The van der Waals surface area contributed by atoms with Crippen LogP contribution in [0.2, 0.25) is 0 Å². The van der Waals surface area contributed by atoms with Crippen molar-refractivity contribution in [3.05, 3.63) is 53.8 Å². The molecule has 134 valence electrons. The highest BCUT2D eigenvalue weighted by Crippen LogP contribution is 2.25. The highest BCUT2D eigenvalue weighted by Gasteiger charge is 2.05. The van der Waals surface area contributed by atoms with Crippen LogP contribution in [0.4, 0.5) is 10.1 Å². The minimum Gasteiger partial charge on any atom is -0.493 e. The normalized spacial score (nSPS) is 11.0. The Balaban J connectivity index is 2.14. The average Bonchev–Trinajstić information content (AvgIpc) is 2.63. The van der Waals surface area contributed by atoms with Crippen molar-refractivity contribution in [1.82, 2.24) is 0 Å². The van der Waals surface area contributed by atoms with Crippen molar-refractivity contribution in [2.24, 2.45) is 4.99 Å². The van der Waals surface area contributed by atoms with Gasteiger partial charge in [0.25, 0.3) is 0 Å². The van der Waals surface area contributed by atoms with Gasteiger partial charge >= 0.3 is 0 Å². The van der Waals surface area contributed by atoms with Crippen molar-refractivity contribution in [3.8, 4) is 11.5 Å². The number of benzene rings is 2. The van der Waals surface area contributed by atoms with E-state index >= 15 is 0 Å². The van der Waals surface area contributed by atoms with Gasteiger partial charge in [-0.1, -0.05) is 26.7 Å². The van der Waals surface area contributed by atoms with Gasteiger partial charge in [-0.05, 0) is 49.2 Å². The van der Waals surface area contributed by atoms with Gasteiger partial charge in [-0.3, -0.25) is 4.99 Å². The van der Waals surface area contributed by atoms with Crippen LogP contribution in [0, 0.1) is 5.82 Å². The van der Waals surface area contributed by atoms with Crippen LogP contribution >= 0.6 is 0 Å². The fraction of sp³-hybridized carbons (Fsp3) is 0.381. The number of rotatable bonds is 10. The van der Waals surface area contributed by atoms with E-state index < -0.39 is 0 Å². The van der Waals surface area contributed by atoms with Crippen molar-refractivity contribution < 1.29 is 13.9 Å². The molecule has 0 N–H and O–H groups in total. The lowest BCUT2D eigenvalue weighted by molar-refractivity contribution is 0.294. The molecule has 0 fully saturated rings. The largest absolute Gasteiger partial charge is 0.493 e. The predicted octanol–water partition coefficient (Wildman–Crippen LogP) is 5.93. The Hall–Kier alpha value is -2.36. The molecule has 0 spiro atoms. The summed E-state index contributed by atoms with van der Waals surface area (Å²) in [4.78, 5) is 4.40. The first-order valence-electron chi connectivity index (χ1n) is 8.92. The summed E-state index contributed by atoms with van der Waals surface area (Å²) < 4.78 is 24.6. The highest BCUT2D eigenvalue weighted by atomic mass is 19.1. The summed E-state index contributed by atoms with van der Waals surface area (Å²) in [6.45, 7) is 5.63. The molecule has 0 heterocycles. The van der Waals surface area contributed by atoms with Crippen LogP contribution in [0.1, 0.15) is 45.1 Å². The van der Waals surface area contributed by atoms with Gasteiger partial charge in [0.1, 0.15) is 17.3 Å². The van der Waals surface area contributed by atoms with Crippen LogP contribution in [0.15, 0.2) is 47.5 Å². The monoisotopic (exact) mass is 343 g/mol. The van der Waals surface area contributed by atoms with E-state index in [1.807, 2.05) is 18.2 Å². The first-order valence-corrected chi connectivity index (χ1v) is 8.92. The third-order valence-electron chi connectivity index (χ3n) is 3.69. The summed E-state index contributed by atoms with van der Waals surface area (Å²) in [6.07, 6.45) is 5.94. The second kappa shape index (κ2) is 10.5. The van der Waals surface area contributed by atoms with Crippen LogP contribution in [-0.4, -0.2) is 19.4 Å². The highest BCUT2D eigenvalue weighted by molar-refractivity contribution is 5.85. The molecule has 4 heteroatoms. The SMILES string of the molecule is CCCCOc1ccc(C=Nc2ccc(F)cc2)c(OCCCC)c1. The van der Waals surface area contributed by atoms with Gasteiger partial charge in [0, 0.05) is 17.8 Å². The molecule has 0 atom stereocenters. The van der Waals surface area contributed by atoms with Gasteiger partial charge in [0.15, 0.2) is 0 Å². The van der Waals surface area contributed by atoms with E-state index in [0.29, 0.717) is 18.9 Å². The maximum absolute atomic E-state index is 13.0. The molecule has 0 aliphatic carbocycles. The van der Waals surface area contributed by atoms with E-state index in [9.17, 15) is 4.39 Å². The Morgan fingerprint density at radius 3 is 2.28 bits per heavy atom. The fourth-order valence-corrected chi connectivity index (χ4v) is 2.17. The molecule has 3 nitrogen and oxygen atoms in total. The number of halogens is 1. The molecule has 0 radical (unpaired) electrons. The lowest BCUT2D eigenvalue weighted by Crippen LogP contribution is -2.02. The van der Waals surface area contributed by atoms with Crippen LogP contribution in [0.3, 0.4) is 0 Å². The average molecular weight is 343 g/mol. The zero-order valence-corrected chi connectivity index (χ0v) is 15.0. The molecule has 0 aromatic heterocycles. The van der Waals surface area contributed by atoms with E-state index in [4.69, 9.17) is 9.47 Å². The van der Waals surface area contributed by atoms with Gasteiger partial charge in [-0.15, -0.1) is 0 Å². The van der Waals surface area contributed by atoms with Crippen LogP contribution < -0.4 is 9.47 Å². The molecule has 2 aromatic rings. The second-order valence-electron chi connectivity index (χ2n) is 5.84. The summed E-state index contributed by atoms with van der Waals surface area (Å²) >= 11 is 0. The van der Waals surface area contributed by atoms with Gasteiger partial charge < -0.3 is 9.47 Å². The summed E-state index contributed by atoms with van der Waals surface area (Å²) in [5.74, 6) is 1.29. The van der Waals surface area contributed by atoms with Crippen molar-refractivity contribution in [2.45, 2.75) is 39.5 Å². The van der Waals surface area contributed by atoms with Crippen molar-refractivity contribution >= 4 is 11.9 Å². The molecule has 0 unspecified atom stereocenters. The first kappa shape index (κ1) is 19.0. The van der Waals surface area contributed by atoms with Crippen LogP contribution in [-0.2, 0) is 0 Å². The third-order valence-corrected chi connectivity index (χ3v) is 3.69. The summed E-state index contributed by atoms with van der Waals surface area (Å²) in [5.41, 5.74) is 1.58. The maximum atomic E-state index is 13.0. The maximum Gasteiger partial charge on any atom is 0.131 e. The first-order chi connectivity index (χ1) is 12.2. The number of ether oxygens (including phenoxy) is 2. The van der Waals surface area contributed by atoms with E-state index in [1.165, 1.54) is 12.1 Å². The molecule has 0 aliphatic rings. The molecule has 2 rings (SSSR count). The van der Waals surface area contributed by atoms with Crippen molar-refractivity contribution in [2.75, 3.05) is 13.2 Å². The zero-order chi connectivity index (χ0) is 17.9. The smallest absolute Gasteiger partial charge is 0.131 e. The summed E-state index contributed by atoms with van der Waals surface area (Å²) in [7, 11) is 0. The summed E-state index contributed by atoms with van der Waals surface area (Å²) in [5, 5.41) is 0. The van der Waals surface area contributed by atoms with Gasteiger partial charge in [0.2, 0.25) is 0 Å². The molecule has 2 aromatic carbocycles. The van der Waals surface area contributed by atoms with Gasteiger partial charge in [-0.2, -0.15) is 0 Å². The topological polar surface area (TPSA) is 30.8 Å². The molecule has 25 heavy (non-hydrogen) atoms. The van der Waals surface area contributed by atoms with Crippen LogP contribution in [0.25, 0.3) is 0 Å². The molecule has 0 saturated carbocycles. The lowest BCUT2D eigenvalue weighted by atomic mass is 10.2. The van der Waals surface area contributed by atoms with E-state index in [1.54, 1.807) is 18.3 Å². The van der Waals surface area contributed by atoms with Crippen LogP contribution in [0.5, 0.6) is 11.5 Å². The standard InChI is InChI=1S/C21H26FNO2/c1-3-5-13-24-20-12-7-17(21(15-20)25-14-6-4-2)16-23-19-10-8-18(22)9-11-19/h7-12,15-16H,3-6,13-14H2,1-2H3. The Bertz CT molecular complexity index is 668. The minimum atomic E-state index is -0.267. The van der Waals surface area contributed by atoms with E-state index in [2.05, 4.69) is 18.8 Å². The van der Waals surface area contributed by atoms with Crippen molar-refractivity contribution in [1.29, 1.82) is 0 Å². The molecule has 0 bridgehead atoms. The molecular weight excluding hydrogens is 317 g/mol. The van der Waals surface area contributed by atoms with Crippen molar-refractivity contribution in [3.63, 3.8) is 0 Å². The summed E-state index contributed by atoms with van der Waals surface area (Å²) in [6, 6.07) is 11.9. The Morgan fingerprint density at radius 1 is 0.920 bits per heavy atom. The van der Waals surface area contributed by atoms with E-state index in [-0.39, 0.29) is 5.82 Å². The number of hydrogen-bond acceptors (Lipinski definition) is 3. The minimum absolute atomic E-state index is 0.267. The number of aliphatic imine (C=N–C) groups is 1. The fourth-order valence-electron chi connectivity index (χ4n) is 2.17. The van der Waals surface area contributed by atoms with Gasteiger partial charge in [0.05, 0.1) is 18.9 Å². The predicted molar refractivity (Wildman–Crippen MR) is 101 cm³/mol. The lowest BCUT2D eigenvalue weighted by Gasteiger charge is -2.12. The molecule has 0 amide bonds. The molecular formula is C21H26FNO2. The number of nitrogens with zero attached hydrogens (tertiary/aromatic N) is 1. The quantitative estimate of drug-likeness (QED) is 0.395. The zero-order valence-electron chi connectivity index (χ0n) is 15.0. The Labute approximate surface area is 149 Å². The Morgan fingerprint density at radius 2 is 1.60 bits per heavy atom. The number of hydrogen-bond donors (Lipinski definition) is 0.